The van der Waals surface area contributed by atoms with E-state index in [9.17, 15) is 19.8 Å². The first-order valence-corrected chi connectivity index (χ1v) is 19.1. The third kappa shape index (κ3) is 4.56. The van der Waals surface area contributed by atoms with E-state index in [0.717, 1.165) is 62.5 Å². The topological polar surface area (TPSA) is 77.8 Å². The number of amides is 1. The molecule has 1 aromatic rings. The summed E-state index contributed by atoms with van der Waals surface area (Å²) < 4.78 is 0. The van der Waals surface area contributed by atoms with Crippen LogP contribution in [0.2, 0.25) is 5.02 Å². The maximum absolute atomic E-state index is 14.1. The van der Waals surface area contributed by atoms with Gasteiger partial charge in [0.05, 0.1) is 11.6 Å². The van der Waals surface area contributed by atoms with Crippen LogP contribution in [0.25, 0.3) is 0 Å². The number of carboxylic acid groups (broad SMARTS) is 1. The molecule has 1 aromatic carbocycles. The Morgan fingerprint density at radius 1 is 0.894 bits per heavy atom. The fraction of sp³-hybridized carbons (Fsp3) is 0.756. The molecule has 258 valence electrons. The molecule has 0 aliphatic heterocycles. The largest absolute Gasteiger partial charge is 0.465 e. The van der Waals surface area contributed by atoms with Gasteiger partial charge < -0.3 is 10.2 Å². The summed E-state index contributed by atoms with van der Waals surface area (Å²) in [6, 6.07) is 7.70. The van der Waals surface area contributed by atoms with Crippen molar-refractivity contribution in [2.75, 3.05) is 6.54 Å². The molecule has 0 heterocycles. The Morgan fingerprint density at radius 3 is 2.19 bits per heavy atom. The molecule has 0 bridgehead atoms. The van der Waals surface area contributed by atoms with Crippen molar-refractivity contribution in [1.82, 2.24) is 4.90 Å². The van der Waals surface area contributed by atoms with Gasteiger partial charge in [0.25, 0.3) is 0 Å². The van der Waals surface area contributed by atoms with Gasteiger partial charge in [0, 0.05) is 23.4 Å². The van der Waals surface area contributed by atoms with Gasteiger partial charge in [-0.05, 0) is 139 Å². The van der Waals surface area contributed by atoms with Crippen molar-refractivity contribution in [2.24, 2.45) is 50.7 Å². The van der Waals surface area contributed by atoms with Gasteiger partial charge in [-0.25, -0.2) is 4.79 Å². The third-order valence-corrected chi connectivity index (χ3v) is 16.5. The number of hydrogen-bond acceptors (Lipinski definition) is 3. The molecule has 5 nitrogen and oxygen atoms in total. The van der Waals surface area contributed by atoms with E-state index in [1.807, 2.05) is 24.3 Å². The zero-order chi connectivity index (χ0) is 33.9. The first kappa shape index (κ1) is 33.6. The molecule has 0 unspecified atom stereocenters. The van der Waals surface area contributed by atoms with Gasteiger partial charge in [0.2, 0.25) is 0 Å². The molecule has 6 aliphatic carbocycles. The molecule has 7 rings (SSSR count). The summed E-state index contributed by atoms with van der Waals surface area (Å²) in [5.41, 5.74) is 3.16. The van der Waals surface area contributed by atoms with E-state index in [0.29, 0.717) is 47.9 Å². The van der Waals surface area contributed by atoms with E-state index >= 15 is 0 Å². The lowest BCUT2D eigenvalue weighted by atomic mass is 9.33. The SMILES string of the molecule is CC(C)C1=C2[C@H]3CC[C@@H]4[C@@]5(C)CC[C@H](O)C(C)(C)[C@@H]5CC[C@@]4(C)[C@]3(C)CC[C@@]2(CCN(C(=O)O)C2(c3ccc(Cl)cc3)CC2)CC1=O. The number of fused-ring (bicyclic) bond motifs is 7. The van der Waals surface area contributed by atoms with Gasteiger partial charge in [-0.3, -0.25) is 9.69 Å². The highest BCUT2D eigenvalue weighted by Gasteiger charge is 2.70. The van der Waals surface area contributed by atoms with E-state index in [1.54, 1.807) is 4.90 Å². The molecular weight excluding hydrogens is 606 g/mol. The van der Waals surface area contributed by atoms with E-state index in [-0.39, 0.29) is 39.1 Å². The van der Waals surface area contributed by atoms with Gasteiger partial charge in [-0.2, -0.15) is 0 Å². The molecule has 5 saturated carbocycles. The zero-order valence-corrected chi connectivity index (χ0v) is 30.7. The van der Waals surface area contributed by atoms with Crippen molar-refractivity contribution in [1.29, 1.82) is 0 Å². The number of aliphatic hydroxyl groups is 1. The lowest BCUT2D eigenvalue weighted by Crippen LogP contribution is -2.65. The van der Waals surface area contributed by atoms with Crippen molar-refractivity contribution < 1.29 is 19.8 Å². The highest BCUT2D eigenvalue weighted by molar-refractivity contribution is 6.30. The van der Waals surface area contributed by atoms with Crippen LogP contribution < -0.4 is 0 Å². The summed E-state index contributed by atoms with van der Waals surface area (Å²) >= 11 is 6.20. The Labute approximate surface area is 287 Å². The third-order valence-electron chi connectivity index (χ3n) is 16.2. The summed E-state index contributed by atoms with van der Waals surface area (Å²) in [4.78, 5) is 28.7. The monoisotopic (exact) mass is 663 g/mol. The minimum Gasteiger partial charge on any atom is -0.465 e. The van der Waals surface area contributed by atoms with Crippen molar-refractivity contribution in [3.8, 4) is 0 Å². The highest BCUT2D eigenvalue weighted by Crippen LogP contribution is 2.77. The number of halogens is 1. The lowest BCUT2D eigenvalue weighted by molar-refractivity contribution is -0.228. The van der Waals surface area contributed by atoms with Crippen molar-refractivity contribution in [3.63, 3.8) is 0 Å². The van der Waals surface area contributed by atoms with Crippen LogP contribution in [0, 0.1) is 50.7 Å². The van der Waals surface area contributed by atoms with Crippen molar-refractivity contribution in [3.05, 3.63) is 46.0 Å². The summed E-state index contributed by atoms with van der Waals surface area (Å²) in [6.45, 7) is 17.2. The van der Waals surface area contributed by atoms with Gasteiger partial charge in [0.15, 0.2) is 5.78 Å². The molecule has 8 atom stereocenters. The van der Waals surface area contributed by atoms with E-state index in [1.165, 1.54) is 18.4 Å². The summed E-state index contributed by atoms with van der Waals surface area (Å²) in [6.07, 6.45) is 10.5. The fourth-order valence-electron chi connectivity index (χ4n) is 13.5. The minimum atomic E-state index is -0.869. The van der Waals surface area contributed by atoms with Crippen LogP contribution in [-0.2, 0) is 10.3 Å². The zero-order valence-electron chi connectivity index (χ0n) is 29.9. The first-order valence-electron chi connectivity index (χ1n) is 18.7. The predicted octanol–water partition coefficient (Wildman–Crippen LogP) is 10.0. The predicted molar refractivity (Wildman–Crippen MR) is 187 cm³/mol. The Kier molecular flexibility index (Phi) is 7.75. The van der Waals surface area contributed by atoms with E-state index < -0.39 is 11.6 Å². The van der Waals surface area contributed by atoms with Gasteiger partial charge in [-0.15, -0.1) is 0 Å². The minimum absolute atomic E-state index is 0.0695. The summed E-state index contributed by atoms with van der Waals surface area (Å²) in [5, 5.41) is 22.3. The van der Waals surface area contributed by atoms with Crippen LogP contribution in [0.1, 0.15) is 131 Å². The molecule has 0 spiro atoms. The second kappa shape index (κ2) is 10.8. The first-order chi connectivity index (χ1) is 22.0. The number of allylic oxidation sites excluding steroid dienone is 2. The molecule has 47 heavy (non-hydrogen) atoms. The Bertz CT molecular complexity index is 1490. The smallest absolute Gasteiger partial charge is 0.408 e. The molecule has 6 aliphatic rings. The van der Waals surface area contributed by atoms with Gasteiger partial charge in [-0.1, -0.05) is 77.8 Å². The van der Waals surface area contributed by atoms with Gasteiger partial charge >= 0.3 is 6.09 Å². The molecule has 1 amide bonds. The van der Waals surface area contributed by atoms with Crippen LogP contribution in [0.3, 0.4) is 0 Å². The Morgan fingerprint density at radius 2 is 1.57 bits per heavy atom. The summed E-state index contributed by atoms with van der Waals surface area (Å²) in [5.74, 6) is 1.96. The van der Waals surface area contributed by atoms with E-state index in [2.05, 4.69) is 48.5 Å². The molecule has 0 aromatic heterocycles. The number of aliphatic hydroxyl groups excluding tert-OH is 1. The van der Waals surface area contributed by atoms with E-state index in [4.69, 9.17) is 11.6 Å². The van der Waals surface area contributed by atoms with Crippen LogP contribution in [0.4, 0.5) is 4.79 Å². The van der Waals surface area contributed by atoms with Crippen LogP contribution >= 0.6 is 11.6 Å². The average Bonchev–Trinajstić information content (AvgIpc) is 3.73. The second-order valence-electron chi connectivity index (χ2n) is 18.6. The van der Waals surface area contributed by atoms with Crippen molar-refractivity contribution in [2.45, 2.75) is 137 Å². The highest BCUT2D eigenvalue weighted by atomic mass is 35.5. The van der Waals surface area contributed by atoms with Crippen LogP contribution in [-0.4, -0.2) is 39.6 Å². The molecule has 0 saturated heterocycles. The quantitative estimate of drug-likeness (QED) is 0.318. The molecule has 6 heteroatoms. The standard InChI is InChI=1S/C41H58ClNO4/c1-25(2)33-29(44)24-40(22-23-43(35(46)47)41(20-21-41)26-8-10-27(42)11-9-26)19-18-38(6)28(34(33)40)12-13-31-37(5)16-15-32(45)36(3,4)30(37)14-17-39(31,38)7/h8-11,25,28,30-32,45H,12-24H2,1-7H3,(H,46,47)/t28-,30+,31-,32+,37+,38-,39-,40-/m1/s1. The molecule has 2 N–H and O–H groups in total. The number of carbonyl (C=O) groups excluding carboxylic acids is 1. The molecular formula is C41H58ClNO4. The maximum Gasteiger partial charge on any atom is 0.408 e. The maximum atomic E-state index is 14.1. The van der Waals surface area contributed by atoms with Crippen LogP contribution in [0.15, 0.2) is 35.4 Å². The number of ketones is 1. The number of hydrogen-bond donors (Lipinski definition) is 2. The molecule has 5 fully saturated rings. The molecule has 0 radical (unpaired) electrons. The number of nitrogens with zero attached hydrogens (tertiary/aromatic N) is 1. The summed E-state index contributed by atoms with van der Waals surface area (Å²) in [7, 11) is 0. The average molecular weight is 664 g/mol. The number of rotatable bonds is 6. The number of Topliss-reactive ketones (excluding diaryl/α,β-unsaturated/α-hetero) is 1. The Balaban J connectivity index is 1.23. The number of carbonyl (C=O) groups is 2. The normalized spacial score (nSPS) is 41.5. The van der Waals surface area contributed by atoms with Crippen molar-refractivity contribution >= 4 is 23.5 Å². The van der Waals surface area contributed by atoms with Crippen LogP contribution in [0.5, 0.6) is 0 Å². The lowest BCUT2D eigenvalue weighted by Gasteiger charge is -2.72. The number of benzene rings is 1. The Hall–Kier alpha value is -1.85. The second-order valence-corrected chi connectivity index (χ2v) is 19.0. The van der Waals surface area contributed by atoms with Gasteiger partial charge in [0.1, 0.15) is 0 Å². The fourth-order valence-corrected chi connectivity index (χ4v) is 13.6.